The molecule has 8 nitrogen and oxygen atoms in total. The number of anilines is 1. The van der Waals surface area contributed by atoms with Gasteiger partial charge in [-0.05, 0) is 30.3 Å². The van der Waals surface area contributed by atoms with Gasteiger partial charge in [0, 0.05) is 6.07 Å². The summed E-state index contributed by atoms with van der Waals surface area (Å²) >= 11 is 2.28. The van der Waals surface area contributed by atoms with E-state index in [0.717, 1.165) is 26.6 Å². The molecule has 0 radical (unpaired) electrons. The van der Waals surface area contributed by atoms with Gasteiger partial charge in [0.1, 0.15) is 0 Å². The Balaban J connectivity index is 1.72. The van der Waals surface area contributed by atoms with Gasteiger partial charge in [-0.2, -0.15) is 10.1 Å². The van der Waals surface area contributed by atoms with Crippen molar-refractivity contribution in [3.05, 3.63) is 75.5 Å². The normalized spacial score (nSPS) is 11.3. The number of hydrogen-bond acceptors (Lipinski definition) is 8. The van der Waals surface area contributed by atoms with Crippen LogP contribution in [0.15, 0.2) is 64.3 Å². The summed E-state index contributed by atoms with van der Waals surface area (Å²) < 4.78 is 6.09. The van der Waals surface area contributed by atoms with Gasteiger partial charge in [-0.25, -0.2) is 4.98 Å². The number of hydrazone groups is 1. The van der Waals surface area contributed by atoms with Crippen molar-refractivity contribution >= 4 is 55.1 Å². The summed E-state index contributed by atoms with van der Waals surface area (Å²) in [5, 5.41) is 16.6. The molecule has 10 heteroatoms. The zero-order chi connectivity index (χ0) is 18.8. The van der Waals surface area contributed by atoms with Crippen LogP contribution in [-0.2, 0) is 0 Å². The van der Waals surface area contributed by atoms with E-state index in [1.807, 2.05) is 24.3 Å². The standard InChI is InChI=1S/C17H10N4O4S2/c22-16(13-5-3-9-25-13)20(17-19-12-4-1-2-6-14(12)27-17)18-10-11-7-8-15(26-11)21(23)24/h1-10H/b18-10+. The van der Waals surface area contributed by atoms with E-state index < -0.39 is 10.8 Å². The van der Waals surface area contributed by atoms with Crippen molar-refractivity contribution in [2.45, 2.75) is 0 Å². The summed E-state index contributed by atoms with van der Waals surface area (Å²) in [6.07, 6.45) is 2.79. The largest absolute Gasteiger partial charge is 0.459 e. The van der Waals surface area contributed by atoms with Crippen LogP contribution in [0.25, 0.3) is 10.2 Å². The van der Waals surface area contributed by atoms with Crippen LogP contribution in [0.5, 0.6) is 0 Å². The minimum atomic E-state index is -0.485. The third-order valence-electron chi connectivity index (χ3n) is 3.48. The molecule has 0 saturated carbocycles. The Labute approximate surface area is 160 Å². The predicted molar refractivity (Wildman–Crippen MR) is 104 cm³/mol. The van der Waals surface area contributed by atoms with Crippen LogP contribution in [0.4, 0.5) is 10.1 Å². The van der Waals surface area contributed by atoms with Crippen LogP contribution in [0.2, 0.25) is 0 Å². The molecule has 0 bridgehead atoms. The van der Waals surface area contributed by atoms with Crippen LogP contribution >= 0.6 is 22.7 Å². The molecule has 4 rings (SSSR count). The Morgan fingerprint density at radius 1 is 1.19 bits per heavy atom. The predicted octanol–water partition coefficient (Wildman–Crippen LogP) is 4.54. The number of para-hydroxylation sites is 1. The lowest BCUT2D eigenvalue weighted by atomic mass is 10.3. The topological polar surface area (TPSA) is 102 Å². The SMILES string of the molecule is O=C(c1ccco1)N(/N=C/c1ccc([N+](=O)[O-])s1)c1nc2ccccc2s1. The number of fused-ring (bicyclic) bond motifs is 1. The smallest absolute Gasteiger partial charge is 0.324 e. The first kappa shape index (κ1) is 17.1. The average molecular weight is 398 g/mol. The maximum atomic E-state index is 12.8. The van der Waals surface area contributed by atoms with Gasteiger partial charge < -0.3 is 4.42 Å². The number of carbonyl (C=O) groups is 1. The number of hydrogen-bond donors (Lipinski definition) is 0. The molecule has 3 heterocycles. The van der Waals surface area contributed by atoms with Gasteiger partial charge >= 0.3 is 10.9 Å². The average Bonchev–Trinajstić information content (AvgIpc) is 3.41. The van der Waals surface area contributed by atoms with Gasteiger partial charge in [-0.3, -0.25) is 14.9 Å². The molecule has 0 saturated heterocycles. The van der Waals surface area contributed by atoms with E-state index in [4.69, 9.17) is 4.42 Å². The number of benzene rings is 1. The Bertz CT molecular complexity index is 1110. The Kier molecular flexibility index (Phi) is 4.48. The van der Waals surface area contributed by atoms with Crippen LogP contribution in [0, 0.1) is 10.1 Å². The quantitative estimate of drug-likeness (QED) is 0.279. The summed E-state index contributed by atoms with van der Waals surface area (Å²) in [6.45, 7) is 0. The molecular formula is C17H10N4O4S2. The highest BCUT2D eigenvalue weighted by molar-refractivity contribution is 7.22. The maximum Gasteiger partial charge on any atom is 0.324 e. The molecule has 134 valence electrons. The number of carbonyl (C=O) groups excluding carboxylic acids is 1. The minimum Gasteiger partial charge on any atom is -0.459 e. The molecule has 1 aromatic carbocycles. The van der Waals surface area contributed by atoms with E-state index >= 15 is 0 Å². The van der Waals surface area contributed by atoms with Crippen LogP contribution in [-0.4, -0.2) is 22.0 Å². The molecule has 0 fully saturated rings. The van der Waals surface area contributed by atoms with Gasteiger partial charge in [0.05, 0.1) is 32.5 Å². The fourth-order valence-corrected chi connectivity index (χ4v) is 3.88. The van der Waals surface area contributed by atoms with Crippen molar-refractivity contribution in [2.24, 2.45) is 5.10 Å². The number of nitrogens with zero attached hydrogens (tertiary/aromatic N) is 4. The van der Waals surface area contributed by atoms with E-state index in [1.165, 1.54) is 35.9 Å². The van der Waals surface area contributed by atoms with Crippen molar-refractivity contribution in [3.63, 3.8) is 0 Å². The van der Waals surface area contributed by atoms with Gasteiger partial charge in [0.15, 0.2) is 5.76 Å². The molecule has 0 N–H and O–H groups in total. The molecule has 0 aliphatic carbocycles. The minimum absolute atomic E-state index is 0.000322. The number of furan rings is 1. The molecular weight excluding hydrogens is 388 g/mol. The first-order valence-corrected chi connectivity index (χ1v) is 9.27. The summed E-state index contributed by atoms with van der Waals surface area (Å²) in [5.74, 6) is -0.370. The lowest BCUT2D eigenvalue weighted by molar-refractivity contribution is -0.380. The second-order valence-corrected chi connectivity index (χ2v) is 7.34. The molecule has 0 aliphatic heterocycles. The maximum absolute atomic E-state index is 12.8. The van der Waals surface area contributed by atoms with Crippen LogP contribution in [0.3, 0.4) is 0 Å². The number of nitro groups is 1. The second-order valence-electron chi connectivity index (χ2n) is 5.24. The van der Waals surface area contributed by atoms with Gasteiger partial charge in [-0.15, -0.1) is 0 Å². The Morgan fingerprint density at radius 3 is 2.74 bits per heavy atom. The molecule has 27 heavy (non-hydrogen) atoms. The van der Waals surface area contributed by atoms with Crippen LogP contribution in [0.1, 0.15) is 15.4 Å². The summed E-state index contributed by atoms with van der Waals surface area (Å²) in [7, 11) is 0. The summed E-state index contributed by atoms with van der Waals surface area (Å²) in [6, 6.07) is 13.6. The molecule has 1 amide bonds. The van der Waals surface area contributed by atoms with E-state index in [2.05, 4.69) is 10.1 Å². The lowest BCUT2D eigenvalue weighted by Crippen LogP contribution is -2.25. The highest BCUT2D eigenvalue weighted by Crippen LogP contribution is 2.30. The van der Waals surface area contributed by atoms with E-state index in [-0.39, 0.29) is 10.8 Å². The van der Waals surface area contributed by atoms with Gasteiger partial charge in [0.25, 0.3) is 0 Å². The lowest BCUT2D eigenvalue weighted by Gasteiger charge is -2.11. The fourth-order valence-electron chi connectivity index (χ4n) is 2.27. The molecule has 0 atom stereocenters. The summed E-state index contributed by atoms with van der Waals surface area (Å²) in [5.41, 5.74) is 0.747. The van der Waals surface area contributed by atoms with Crippen molar-refractivity contribution in [3.8, 4) is 0 Å². The molecule has 4 aromatic rings. The number of amides is 1. The van der Waals surface area contributed by atoms with Crippen molar-refractivity contribution in [1.82, 2.24) is 4.98 Å². The number of thiophene rings is 1. The molecule has 3 aromatic heterocycles. The highest BCUT2D eigenvalue weighted by Gasteiger charge is 2.23. The van der Waals surface area contributed by atoms with Gasteiger partial charge in [0.2, 0.25) is 5.13 Å². The van der Waals surface area contributed by atoms with E-state index in [1.54, 1.807) is 12.1 Å². The van der Waals surface area contributed by atoms with Crippen LogP contribution < -0.4 is 5.01 Å². The van der Waals surface area contributed by atoms with Gasteiger partial charge in [-0.1, -0.05) is 34.8 Å². The highest BCUT2D eigenvalue weighted by atomic mass is 32.1. The fraction of sp³-hybridized carbons (Fsp3) is 0. The molecule has 0 aliphatic rings. The monoisotopic (exact) mass is 398 g/mol. The molecule has 0 unspecified atom stereocenters. The second kappa shape index (κ2) is 7.09. The number of rotatable bonds is 5. The first-order chi connectivity index (χ1) is 13.1. The Hall–Kier alpha value is -3.37. The third kappa shape index (κ3) is 3.48. The Morgan fingerprint density at radius 2 is 2.04 bits per heavy atom. The number of aromatic nitrogens is 1. The summed E-state index contributed by atoms with van der Waals surface area (Å²) in [4.78, 5) is 28.1. The van der Waals surface area contributed by atoms with E-state index in [0.29, 0.717) is 10.0 Å². The zero-order valence-corrected chi connectivity index (χ0v) is 15.1. The van der Waals surface area contributed by atoms with Crippen molar-refractivity contribution in [1.29, 1.82) is 0 Å². The number of thiazole rings is 1. The first-order valence-electron chi connectivity index (χ1n) is 7.63. The van der Waals surface area contributed by atoms with Crippen molar-refractivity contribution < 1.29 is 14.1 Å². The van der Waals surface area contributed by atoms with E-state index in [9.17, 15) is 14.9 Å². The zero-order valence-electron chi connectivity index (χ0n) is 13.5. The molecule has 0 spiro atoms. The van der Waals surface area contributed by atoms with Crippen molar-refractivity contribution in [2.75, 3.05) is 5.01 Å². The third-order valence-corrected chi connectivity index (χ3v) is 5.46.